The molecular weight excluding hydrogens is 322 g/mol. The molecule has 0 bridgehead atoms. The molecule has 6 heteroatoms. The van der Waals surface area contributed by atoms with Crippen LogP contribution in [0.3, 0.4) is 0 Å². The van der Waals surface area contributed by atoms with E-state index in [1.807, 2.05) is 24.3 Å². The molecule has 3 N–H and O–H groups in total. The zero-order valence-corrected chi connectivity index (χ0v) is 14.6. The molecule has 1 atom stereocenters. The zero-order chi connectivity index (χ0) is 17.5. The molecule has 1 unspecified atom stereocenters. The zero-order valence-electron chi connectivity index (χ0n) is 13.8. The summed E-state index contributed by atoms with van der Waals surface area (Å²) in [4.78, 5) is 28.7. The summed E-state index contributed by atoms with van der Waals surface area (Å²) in [5, 5.41) is 2.48. The Morgan fingerprint density at radius 2 is 2.04 bits per heavy atom. The number of carbonyl (C=O) groups excluding carboxylic acids is 2. The van der Waals surface area contributed by atoms with E-state index in [0.717, 1.165) is 17.0 Å². The number of hydrogen-bond donors (Lipinski definition) is 2. The van der Waals surface area contributed by atoms with Crippen LogP contribution in [-0.4, -0.2) is 22.0 Å². The molecule has 0 fully saturated rings. The Bertz CT molecular complexity index is 734. The van der Waals surface area contributed by atoms with Crippen molar-refractivity contribution in [1.29, 1.82) is 0 Å². The highest BCUT2D eigenvalue weighted by atomic mass is 32.2. The monoisotopic (exact) mass is 343 g/mol. The van der Waals surface area contributed by atoms with Crippen molar-refractivity contribution < 1.29 is 9.59 Å². The number of aryl methyl sites for hydroxylation is 1. The van der Waals surface area contributed by atoms with Gasteiger partial charge in [-0.2, -0.15) is 0 Å². The molecule has 0 aliphatic rings. The van der Waals surface area contributed by atoms with Crippen LogP contribution in [0.2, 0.25) is 0 Å². The number of primary amides is 1. The summed E-state index contributed by atoms with van der Waals surface area (Å²) in [6.45, 7) is 4.16. The second kappa shape index (κ2) is 8.49. The van der Waals surface area contributed by atoms with Gasteiger partial charge >= 0.3 is 0 Å². The summed E-state index contributed by atoms with van der Waals surface area (Å²) in [6, 6.07) is 11.1. The Labute approximate surface area is 146 Å². The summed E-state index contributed by atoms with van der Waals surface area (Å²) in [5.74, 6) is -0.603. The van der Waals surface area contributed by atoms with Gasteiger partial charge in [0.05, 0.1) is 23.1 Å². The Balaban J connectivity index is 2.08. The Morgan fingerprint density at radius 3 is 2.75 bits per heavy atom. The SMILES string of the molecule is CCc1ccnc(CNC(=O)c2ccccc2SC(C)C(N)=O)c1. The maximum absolute atomic E-state index is 12.5. The molecule has 0 spiro atoms. The van der Waals surface area contributed by atoms with Crippen molar-refractivity contribution in [2.24, 2.45) is 5.73 Å². The molecule has 1 aromatic heterocycles. The lowest BCUT2D eigenvalue weighted by molar-refractivity contribution is -0.117. The third kappa shape index (κ3) is 4.83. The highest BCUT2D eigenvalue weighted by Crippen LogP contribution is 2.26. The van der Waals surface area contributed by atoms with Gasteiger partial charge in [-0.1, -0.05) is 19.1 Å². The first-order valence-electron chi connectivity index (χ1n) is 7.78. The minimum atomic E-state index is -0.407. The molecule has 0 aliphatic heterocycles. The summed E-state index contributed by atoms with van der Waals surface area (Å²) in [5.41, 5.74) is 7.83. The number of carbonyl (C=O) groups is 2. The van der Waals surface area contributed by atoms with Gasteiger partial charge in [0.15, 0.2) is 0 Å². The van der Waals surface area contributed by atoms with E-state index in [9.17, 15) is 9.59 Å². The quantitative estimate of drug-likeness (QED) is 0.757. The standard InChI is InChI=1S/C18H21N3O2S/c1-3-13-8-9-20-14(10-13)11-21-18(23)15-6-4-5-7-16(15)24-12(2)17(19)22/h4-10,12H,3,11H2,1-2H3,(H2,19,22)(H,21,23). The van der Waals surface area contributed by atoms with E-state index >= 15 is 0 Å². The summed E-state index contributed by atoms with van der Waals surface area (Å²) in [6.07, 6.45) is 2.67. The second-order valence-electron chi connectivity index (χ2n) is 5.35. The molecule has 2 amide bonds. The van der Waals surface area contributed by atoms with Gasteiger partial charge in [0.1, 0.15) is 0 Å². The predicted molar refractivity (Wildman–Crippen MR) is 95.7 cm³/mol. The smallest absolute Gasteiger partial charge is 0.252 e. The van der Waals surface area contributed by atoms with Crippen LogP contribution in [0.1, 0.15) is 35.5 Å². The van der Waals surface area contributed by atoms with Crippen LogP contribution in [0.15, 0.2) is 47.5 Å². The number of hydrogen-bond acceptors (Lipinski definition) is 4. The average Bonchev–Trinajstić information content (AvgIpc) is 2.60. The number of pyridine rings is 1. The van der Waals surface area contributed by atoms with Crippen LogP contribution >= 0.6 is 11.8 Å². The predicted octanol–water partition coefficient (Wildman–Crippen LogP) is 2.54. The summed E-state index contributed by atoms with van der Waals surface area (Å²) < 4.78 is 0. The number of nitrogens with one attached hydrogen (secondary N) is 1. The third-order valence-corrected chi connectivity index (χ3v) is 4.75. The fourth-order valence-corrected chi connectivity index (χ4v) is 3.06. The van der Waals surface area contributed by atoms with Gasteiger partial charge in [-0.15, -0.1) is 11.8 Å². The lowest BCUT2D eigenvalue weighted by atomic mass is 10.2. The van der Waals surface area contributed by atoms with Crippen molar-refractivity contribution in [1.82, 2.24) is 10.3 Å². The number of nitrogens with two attached hydrogens (primary N) is 1. The van der Waals surface area contributed by atoms with Crippen LogP contribution in [0.5, 0.6) is 0 Å². The topological polar surface area (TPSA) is 85.1 Å². The molecule has 1 aromatic carbocycles. The molecule has 0 radical (unpaired) electrons. The molecule has 0 saturated heterocycles. The molecular formula is C18H21N3O2S. The largest absolute Gasteiger partial charge is 0.369 e. The van der Waals surface area contributed by atoms with Crippen molar-refractivity contribution in [2.45, 2.75) is 37.0 Å². The highest BCUT2D eigenvalue weighted by molar-refractivity contribution is 8.00. The summed E-state index contributed by atoms with van der Waals surface area (Å²) >= 11 is 1.28. The van der Waals surface area contributed by atoms with Gasteiger partial charge in [-0.25, -0.2) is 0 Å². The Hall–Kier alpha value is -2.34. The van der Waals surface area contributed by atoms with Crippen LogP contribution < -0.4 is 11.1 Å². The van der Waals surface area contributed by atoms with Gasteiger partial charge < -0.3 is 11.1 Å². The van der Waals surface area contributed by atoms with Crippen molar-refractivity contribution >= 4 is 23.6 Å². The molecule has 126 valence electrons. The van der Waals surface area contributed by atoms with Crippen molar-refractivity contribution in [3.63, 3.8) is 0 Å². The van der Waals surface area contributed by atoms with Gasteiger partial charge in [-0.05, 0) is 43.2 Å². The van der Waals surface area contributed by atoms with E-state index in [1.165, 1.54) is 17.3 Å². The Morgan fingerprint density at radius 1 is 1.29 bits per heavy atom. The molecule has 5 nitrogen and oxygen atoms in total. The van der Waals surface area contributed by atoms with Crippen LogP contribution in [0.4, 0.5) is 0 Å². The number of aromatic nitrogens is 1. The van der Waals surface area contributed by atoms with Gasteiger partial charge in [0.25, 0.3) is 5.91 Å². The highest BCUT2D eigenvalue weighted by Gasteiger charge is 2.16. The second-order valence-corrected chi connectivity index (χ2v) is 6.73. The van der Waals surface area contributed by atoms with E-state index in [0.29, 0.717) is 12.1 Å². The lowest BCUT2D eigenvalue weighted by Gasteiger charge is -2.12. The van der Waals surface area contributed by atoms with E-state index in [2.05, 4.69) is 17.2 Å². The van der Waals surface area contributed by atoms with Gasteiger partial charge in [0.2, 0.25) is 5.91 Å². The number of thioether (sulfide) groups is 1. The first kappa shape index (κ1) is 18.0. The number of rotatable bonds is 7. The maximum atomic E-state index is 12.5. The maximum Gasteiger partial charge on any atom is 0.252 e. The van der Waals surface area contributed by atoms with Crippen molar-refractivity contribution in [3.8, 4) is 0 Å². The summed E-state index contributed by atoms with van der Waals surface area (Å²) in [7, 11) is 0. The molecule has 1 heterocycles. The first-order chi connectivity index (χ1) is 11.5. The number of benzene rings is 1. The molecule has 2 aromatic rings. The molecule has 24 heavy (non-hydrogen) atoms. The molecule has 2 rings (SSSR count). The fraction of sp³-hybridized carbons (Fsp3) is 0.278. The first-order valence-corrected chi connectivity index (χ1v) is 8.66. The number of amides is 2. The number of nitrogens with zero attached hydrogens (tertiary/aromatic N) is 1. The van der Waals surface area contributed by atoms with Crippen molar-refractivity contribution in [2.75, 3.05) is 0 Å². The lowest BCUT2D eigenvalue weighted by Crippen LogP contribution is -2.25. The van der Waals surface area contributed by atoms with Crippen molar-refractivity contribution in [3.05, 3.63) is 59.4 Å². The Kier molecular flexibility index (Phi) is 6.37. The van der Waals surface area contributed by atoms with E-state index in [-0.39, 0.29) is 5.91 Å². The third-order valence-electron chi connectivity index (χ3n) is 3.56. The van der Waals surface area contributed by atoms with Gasteiger partial charge in [0, 0.05) is 11.1 Å². The van der Waals surface area contributed by atoms with Crippen LogP contribution in [-0.2, 0) is 17.8 Å². The van der Waals surface area contributed by atoms with E-state index in [4.69, 9.17) is 5.73 Å². The normalized spacial score (nSPS) is 11.8. The van der Waals surface area contributed by atoms with Crippen LogP contribution in [0, 0.1) is 0 Å². The molecule has 0 aliphatic carbocycles. The van der Waals surface area contributed by atoms with E-state index in [1.54, 1.807) is 25.3 Å². The average molecular weight is 343 g/mol. The van der Waals surface area contributed by atoms with Crippen LogP contribution in [0.25, 0.3) is 0 Å². The van der Waals surface area contributed by atoms with E-state index < -0.39 is 11.2 Å². The van der Waals surface area contributed by atoms with Gasteiger partial charge in [-0.3, -0.25) is 14.6 Å². The fourth-order valence-electron chi connectivity index (χ4n) is 2.12. The molecule has 0 saturated carbocycles. The minimum absolute atomic E-state index is 0.196. The minimum Gasteiger partial charge on any atom is -0.369 e.